The number of benzene rings is 3. The summed E-state index contributed by atoms with van der Waals surface area (Å²) in [6.07, 6.45) is 1.76. The van der Waals surface area contributed by atoms with Crippen LogP contribution in [0.1, 0.15) is 22.8 Å². The maximum Gasteiger partial charge on any atom is 0.255 e. The zero-order valence-electron chi connectivity index (χ0n) is 16.7. The maximum absolute atomic E-state index is 12.9. The minimum Gasteiger partial charge on any atom is -0.455 e. The van der Waals surface area contributed by atoms with Crippen LogP contribution in [0.2, 0.25) is 0 Å². The number of sulfonamides is 1. The van der Waals surface area contributed by atoms with E-state index in [1.54, 1.807) is 30.3 Å². The van der Waals surface area contributed by atoms with Crippen LogP contribution in [-0.4, -0.2) is 26.6 Å². The molecule has 0 fully saturated rings. The van der Waals surface area contributed by atoms with Crippen molar-refractivity contribution in [3.05, 3.63) is 83.9 Å². The molecule has 3 aromatic carbocycles. The van der Waals surface area contributed by atoms with Gasteiger partial charge in [-0.3, -0.25) is 9.10 Å². The summed E-state index contributed by atoms with van der Waals surface area (Å²) in [6, 6.07) is 21.5. The number of carbonyl (C=O) groups is 1. The molecule has 0 spiro atoms. The van der Waals surface area contributed by atoms with E-state index in [2.05, 4.69) is 5.32 Å². The number of ether oxygens (including phenoxy) is 1. The summed E-state index contributed by atoms with van der Waals surface area (Å²) in [5.74, 6) is 0.925. The summed E-state index contributed by atoms with van der Waals surface area (Å²) in [5.41, 5.74) is 2.49. The summed E-state index contributed by atoms with van der Waals surface area (Å²) < 4.78 is 31.5. The minimum atomic E-state index is -3.37. The summed E-state index contributed by atoms with van der Waals surface area (Å²) >= 11 is 0. The number of nitrogens with one attached hydrogen (secondary N) is 1. The Morgan fingerprint density at radius 2 is 1.73 bits per heavy atom. The molecule has 154 valence electrons. The molecule has 1 amide bonds. The van der Waals surface area contributed by atoms with Gasteiger partial charge in [0, 0.05) is 11.6 Å². The number of hydrogen-bond acceptors (Lipinski definition) is 4. The van der Waals surface area contributed by atoms with Crippen LogP contribution in [0, 0.1) is 0 Å². The molecule has 1 N–H and O–H groups in total. The standard InChI is InChI=1S/C23H22N2O4S/c1-16-14-18-15-17(12-13-21(18)25(16)30(2,27)28)23(26)24-20-10-6-7-11-22(20)29-19-8-4-3-5-9-19/h3-13,15-16H,14H2,1-2H3,(H,24,26)/t16-/m1/s1. The first-order valence-corrected chi connectivity index (χ1v) is 11.4. The van der Waals surface area contributed by atoms with E-state index in [4.69, 9.17) is 4.74 Å². The van der Waals surface area contributed by atoms with Gasteiger partial charge in [0.1, 0.15) is 5.75 Å². The molecule has 0 bridgehead atoms. The van der Waals surface area contributed by atoms with Gasteiger partial charge in [-0.15, -0.1) is 0 Å². The molecule has 3 aromatic rings. The van der Waals surface area contributed by atoms with Crippen molar-refractivity contribution in [1.29, 1.82) is 0 Å². The summed E-state index contributed by atoms with van der Waals surface area (Å²) in [7, 11) is -3.37. The molecule has 1 aliphatic rings. The van der Waals surface area contributed by atoms with E-state index in [1.807, 2.05) is 49.4 Å². The normalized spacial score (nSPS) is 15.5. The first-order valence-electron chi connectivity index (χ1n) is 9.58. The predicted octanol–water partition coefficient (Wildman–Crippen LogP) is 4.44. The molecule has 1 aliphatic heterocycles. The largest absolute Gasteiger partial charge is 0.455 e. The molecule has 30 heavy (non-hydrogen) atoms. The lowest BCUT2D eigenvalue weighted by Crippen LogP contribution is -2.34. The third-order valence-electron chi connectivity index (χ3n) is 4.96. The molecule has 6 nitrogen and oxygen atoms in total. The first kappa shape index (κ1) is 20.0. The molecule has 4 rings (SSSR count). The van der Waals surface area contributed by atoms with Crippen molar-refractivity contribution in [2.75, 3.05) is 15.9 Å². The number of fused-ring (bicyclic) bond motifs is 1. The second-order valence-corrected chi connectivity index (χ2v) is 9.18. The lowest BCUT2D eigenvalue weighted by Gasteiger charge is -2.21. The van der Waals surface area contributed by atoms with Gasteiger partial charge in [0.2, 0.25) is 10.0 Å². The lowest BCUT2D eigenvalue weighted by molar-refractivity contribution is 0.102. The number of rotatable bonds is 5. The highest BCUT2D eigenvalue weighted by atomic mass is 32.2. The molecular weight excluding hydrogens is 400 g/mol. The Hall–Kier alpha value is -3.32. The number of nitrogens with zero attached hydrogens (tertiary/aromatic N) is 1. The highest BCUT2D eigenvalue weighted by molar-refractivity contribution is 7.92. The van der Waals surface area contributed by atoms with Crippen molar-refractivity contribution in [3.63, 3.8) is 0 Å². The fraction of sp³-hybridized carbons (Fsp3) is 0.174. The van der Waals surface area contributed by atoms with Crippen molar-refractivity contribution in [3.8, 4) is 11.5 Å². The molecular formula is C23H22N2O4S. The molecule has 0 aliphatic carbocycles. The number of amides is 1. The van der Waals surface area contributed by atoms with Crippen LogP contribution in [-0.2, 0) is 16.4 Å². The van der Waals surface area contributed by atoms with Crippen molar-refractivity contribution in [2.24, 2.45) is 0 Å². The van der Waals surface area contributed by atoms with Crippen molar-refractivity contribution < 1.29 is 17.9 Å². The Labute approximate surface area is 176 Å². The van der Waals surface area contributed by atoms with E-state index in [9.17, 15) is 13.2 Å². The van der Waals surface area contributed by atoms with E-state index < -0.39 is 10.0 Å². The van der Waals surface area contributed by atoms with Crippen LogP contribution in [0.4, 0.5) is 11.4 Å². The maximum atomic E-state index is 12.9. The highest BCUT2D eigenvalue weighted by Gasteiger charge is 2.32. The fourth-order valence-corrected chi connectivity index (χ4v) is 4.98. The van der Waals surface area contributed by atoms with Gasteiger partial charge in [0.15, 0.2) is 5.75 Å². The zero-order valence-corrected chi connectivity index (χ0v) is 17.5. The number of para-hydroxylation sites is 3. The minimum absolute atomic E-state index is 0.173. The monoisotopic (exact) mass is 422 g/mol. The third-order valence-corrected chi connectivity index (χ3v) is 6.23. The predicted molar refractivity (Wildman–Crippen MR) is 118 cm³/mol. The van der Waals surface area contributed by atoms with Gasteiger partial charge in [-0.25, -0.2) is 8.42 Å². The Balaban J connectivity index is 1.57. The summed E-state index contributed by atoms with van der Waals surface area (Å²) in [6.45, 7) is 1.86. The Morgan fingerprint density at radius 1 is 1.03 bits per heavy atom. The quantitative estimate of drug-likeness (QED) is 0.659. The SMILES string of the molecule is C[C@@H]1Cc2cc(C(=O)Nc3ccccc3Oc3ccccc3)ccc2N1S(C)(=O)=O. The first-order chi connectivity index (χ1) is 14.3. The van der Waals surface area contributed by atoms with Gasteiger partial charge >= 0.3 is 0 Å². The van der Waals surface area contributed by atoms with Gasteiger partial charge < -0.3 is 10.1 Å². The molecule has 0 aromatic heterocycles. The summed E-state index contributed by atoms with van der Waals surface area (Å²) in [5, 5.41) is 2.90. The van der Waals surface area contributed by atoms with Crippen LogP contribution < -0.4 is 14.4 Å². The second kappa shape index (κ2) is 7.84. The number of carbonyl (C=O) groups excluding carboxylic acids is 1. The average Bonchev–Trinajstić information content (AvgIpc) is 3.05. The Morgan fingerprint density at radius 3 is 2.47 bits per heavy atom. The average molecular weight is 423 g/mol. The van der Waals surface area contributed by atoms with E-state index in [-0.39, 0.29) is 11.9 Å². The number of anilines is 2. The van der Waals surface area contributed by atoms with Crippen LogP contribution >= 0.6 is 0 Å². The van der Waals surface area contributed by atoms with E-state index in [1.165, 1.54) is 10.6 Å². The molecule has 7 heteroatoms. The van der Waals surface area contributed by atoms with Gasteiger partial charge in [0.05, 0.1) is 17.6 Å². The second-order valence-electron chi connectivity index (χ2n) is 7.32. The van der Waals surface area contributed by atoms with Gasteiger partial charge in [-0.2, -0.15) is 0 Å². The molecule has 1 atom stereocenters. The van der Waals surface area contributed by atoms with Gasteiger partial charge in [-0.05, 0) is 61.4 Å². The number of hydrogen-bond donors (Lipinski definition) is 1. The van der Waals surface area contributed by atoms with Crippen LogP contribution in [0.5, 0.6) is 11.5 Å². The molecule has 0 saturated carbocycles. The van der Waals surface area contributed by atoms with Gasteiger partial charge in [0.25, 0.3) is 5.91 Å². The van der Waals surface area contributed by atoms with E-state index >= 15 is 0 Å². The fourth-order valence-electron chi connectivity index (χ4n) is 3.72. The highest BCUT2D eigenvalue weighted by Crippen LogP contribution is 2.35. The topological polar surface area (TPSA) is 75.7 Å². The van der Waals surface area contributed by atoms with Crippen molar-refractivity contribution in [1.82, 2.24) is 0 Å². The molecule has 1 heterocycles. The smallest absolute Gasteiger partial charge is 0.255 e. The molecule has 0 saturated heterocycles. The Kier molecular flexibility index (Phi) is 5.22. The van der Waals surface area contributed by atoms with Crippen molar-refractivity contribution >= 4 is 27.3 Å². The van der Waals surface area contributed by atoms with Crippen molar-refractivity contribution in [2.45, 2.75) is 19.4 Å². The Bertz CT molecular complexity index is 1190. The third kappa shape index (κ3) is 4.02. The van der Waals surface area contributed by atoms with Crippen LogP contribution in [0.3, 0.4) is 0 Å². The van der Waals surface area contributed by atoms with E-state index in [0.717, 1.165) is 5.56 Å². The molecule has 0 unspecified atom stereocenters. The summed E-state index contributed by atoms with van der Waals surface area (Å²) in [4.78, 5) is 12.9. The zero-order chi connectivity index (χ0) is 21.3. The van der Waals surface area contributed by atoms with E-state index in [0.29, 0.717) is 34.9 Å². The molecule has 0 radical (unpaired) electrons. The lowest BCUT2D eigenvalue weighted by atomic mass is 10.1. The van der Waals surface area contributed by atoms with Gasteiger partial charge in [-0.1, -0.05) is 30.3 Å². The van der Waals surface area contributed by atoms with Crippen LogP contribution in [0.15, 0.2) is 72.8 Å². The van der Waals surface area contributed by atoms with Crippen LogP contribution in [0.25, 0.3) is 0 Å².